The van der Waals surface area contributed by atoms with Crippen LogP contribution in [0.5, 0.6) is 0 Å². The standard InChI is InChI=1S/C23H26F4N4O2/c24-13-1-2-19(25)17(6-13)20-9-18(22(26)27)23(30-29-20)31-10-12-5-14(28)7-16(12)21(31)8-15-11-32-3-4-33-15/h1-2,6,9,12,14-16,21-22H,3-5,7-8,10-11,28H2/t12-,14+,15-,16+,21+/m1/s1. The number of halogens is 4. The van der Waals surface area contributed by atoms with Crippen LogP contribution < -0.4 is 10.6 Å². The molecule has 178 valence electrons. The minimum absolute atomic E-state index is 0.0789. The van der Waals surface area contributed by atoms with Crippen LogP contribution in [0, 0.1) is 23.5 Å². The van der Waals surface area contributed by atoms with Crippen LogP contribution in [-0.2, 0) is 9.47 Å². The van der Waals surface area contributed by atoms with Crippen molar-refractivity contribution in [3.8, 4) is 11.3 Å². The normalized spacial score (nSPS) is 29.6. The lowest BCUT2D eigenvalue weighted by atomic mass is 9.90. The average Bonchev–Trinajstić information content (AvgIpc) is 3.32. The van der Waals surface area contributed by atoms with Gasteiger partial charge in [0.2, 0.25) is 0 Å². The molecule has 1 aliphatic carbocycles. The summed E-state index contributed by atoms with van der Waals surface area (Å²) in [6.45, 7) is 2.04. The van der Waals surface area contributed by atoms with Gasteiger partial charge in [-0.05, 0) is 55.4 Å². The van der Waals surface area contributed by atoms with Gasteiger partial charge in [-0.25, -0.2) is 17.6 Å². The Morgan fingerprint density at radius 2 is 1.97 bits per heavy atom. The fourth-order valence-corrected chi connectivity index (χ4v) is 5.60. The zero-order chi connectivity index (χ0) is 23.1. The molecular formula is C23H26F4N4O2. The summed E-state index contributed by atoms with van der Waals surface area (Å²) in [6.07, 6.45) is -0.750. The van der Waals surface area contributed by atoms with Crippen LogP contribution >= 0.6 is 0 Å². The molecule has 6 nitrogen and oxygen atoms in total. The Kier molecular flexibility index (Phi) is 6.24. The Bertz CT molecular complexity index is 1000. The highest BCUT2D eigenvalue weighted by Gasteiger charge is 2.48. The molecule has 2 aliphatic heterocycles. The number of aromatic nitrogens is 2. The van der Waals surface area contributed by atoms with Crippen molar-refractivity contribution in [3.63, 3.8) is 0 Å². The summed E-state index contributed by atoms with van der Waals surface area (Å²) in [5.74, 6) is -0.861. The molecule has 0 amide bonds. The first kappa shape index (κ1) is 22.5. The van der Waals surface area contributed by atoms with E-state index in [9.17, 15) is 17.6 Å². The average molecular weight is 466 g/mol. The van der Waals surface area contributed by atoms with Crippen LogP contribution in [0.15, 0.2) is 24.3 Å². The SMILES string of the molecule is N[C@H]1C[C@@H]2CN(c3nnc(-c4cc(F)ccc4F)cc3C(F)F)[C@@H](C[C@@H]3COCCO3)[C@H]2C1. The predicted octanol–water partition coefficient (Wildman–Crippen LogP) is 3.71. The van der Waals surface area contributed by atoms with Crippen LogP contribution in [0.2, 0.25) is 0 Å². The van der Waals surface area contributed by atoms with Gasteiger partial charge in [-0.1, -0.05) is 0 Å². The second kappa shape index (κ2) is 9.15. The molecule has 3 heterocycles. The summed E-state index contributed by atoms with van der Waals surface area (Å²) in [7, 11) is 0. The summed E-state index contributed by atoms with van der Waals surface area (Å²) in [5.41, 5.74) is 5.52. The predicted molar refractivity (Wildman–Crippen MR) is 113 cm³/mol. The monoisotopic (exact) mass is 466 g/mol. The van der Waals surface area contributed by atoms with Crippen molar-refractivity contribution in [1.82, 2.24) is 10.2 Å². The number of rotatable bonds is 5. The zero-order valence-electron chi connectivity index (χ0n) is 18.0. The number of benzene rings is 1. The van der Waals surface area contributed by atoms with Crippen LogP contribution in [0.4, 0.5) is 23.4 Å². The van der Waals surface area contributed by atoms with Gasteiger partial charge in [0.25, 0.3) is 6.43 Å². The van der Waals surface area contributed by atoms with E-state index in [-0.39, 0.29) is 52.7 Å². The Labute approximate surface area is 189 Å². The molecule has 2 aromatic rings. The lowest BCUT2D eigenvalue weighted by Gasteiger charge is -2.34. The van der Waals surface area contributed by atoms with Gasteiger partial charge in [0, 0.05) is 24.2 Å². The second-order valence-electron chi connectivity index (χ2n) is 9.11. The molecule has 0 spiro atoms. The minimum atomic E-state index is -2.86. The molecular weight excluding hydrogens is 440 g/mol. The minimum Gasteiger partial charge on any atom is -0.376 e. The molecule has 2 saturated heterocycles. The summed E-state index contributed by atoms with van der Waals surface area (Å²) in [5, 5.41) is 8.14. The largest absolute Gasteiger partial charge is 0.376 e. The number of hydrogen-bond donors (Lipinski definition) is 1. The summed E-state index contributed by atoms with van der Waals surface area (Å²) >= 11 is 0. The molecule has 33 heavy (non-hydrogen) atoms. The van der Waals surface area contributed by atoms with E-state index in [1.807, 2.05) is 4.90 Å². The van der Waals surface area contributed by atoms with Gasteiger partial charge < -0.3 is 20.1 Å². The molecule has 10 heteroatoms. The van der Waals surface area contributed by atoms with Crippen LogP contribution in [0.1, 0.15) is 31.3 Å². The third kappa shape index (κ3) is 4.43. The zero-order valence-corrected chi connectivity index (χ0v) is 18.0. The lowest BCUT2D eigenvalue weighted by molar-refractivity contribution is -0.0936. The second-order valence-corrected chi connectivity index (χ2v) is 9.11. The molecule has 0 radical (unpaired) electrons. The molecule has 1 saturated carbocycles. The highest BCUT2D eigenvalue weighted by Crippen LogP contribution is 2.46. The van der Waals surface area contributed by atoms with Crippen molar-refractivity contribution in [2.75, 3.05) is 31.3 Å². The number of fused-ring (bicyclic) bond motifs is 1. The molecule has 5 rings (SSSR count). The van der Waals surface area contributed by atoms with Crippen molar-refractivity contribution in [2.24, 2.45) is 17.6 Å². The number of nitrogens with zero attached hydrogens (tertiary/aromatic N) is 3. The maximum absolute atomic E-state index is 14.2. The van der Waals surface area contributed by atoms with Gasteiger partial charge in [0.15, 0.2) is 5.82 Å². The van der Waals surface area contributed by atoms with E-state index in [4.69, 9.17) is 15.2 Å². The van der Waals surface area contributed by atoms with Crippen LogP contribution in [-0.4, -0.2) is 54.8 Å². The summed E-state index contributed by atoms with van der Waals surface area (Å²) < 4.78 is 67.6. The van der Waals surface area contributed by atoms with Gasteiger partial charge >= 0.3 is 0 Å². The molecule has 0 bridgehead atoms. The van der Waals surface area contributed by atoms with Crippen molar-refractivity contribution in [2.45, 2.75) is 43.9 Å². The quantitative estimate of drug-likeness (QED) is 0.678. The van der Waals surface area contributed by atoms with Gasteiger partial charge in [-0.2, -0.15) is 0 Å². The summed E-state index contributed by atoms with van der Waals surface area (Å²) in [4.78, 5) is 1.89. The van der Waals surface area contributed by atoms with E-state index in [0.717, 1.165) is 37.1 Å². The number of anilines is 1. The van der Waals surface area contributed by atoms with E-state index in [1.54, 1.807) is 0 Å². The Balaban J connectivity index is 1.50. The van der Waals surface area contributed by atoms with E-state index < -0.39 is 18.1 Å². The van der Waals surface area contributed by atoms with Crippen LogP contribution in [0.3, 0.4) is 0 Å². The Morgan fingerprint density at radius 1 is 1.12 bits per heavy atom. The van der Waals surface area contributed by atoms with Gasteiger partial charge in [0.1, 0.15) is 11.6 Å². The fraction of sp³-hybridized carbons (Fsp3) is 0.565. The first-order chi connectivity index (χ1) is 15.9. The number of alkyl halides is 2. The Hall–Kier alpha value is -2.30. The number of ether oxygens (including phenoxy) is 2. The highest BCUT2D eigenvalue weighted by atomic mass is 19.3. The Morgan fingerprint density at radius 3 is 2.73 bits per heavy atom. The summed E-state index contributed by atoms with van der Waals surface area (Å²) in [6, 6.07) is 3.94. The van der Waals surface area contributed by atoms with E-state index >= 15 is 0 Å². The lowest BCUT2D eigenvalue weighted by Crippen LogP contribution is -2.41. The first-order valence-electron chi connectivity index (χ1n) is 11.2. The maximum atomic E-state index is 14.2. The smallest absolute Gasteiger partial charge is 0.267 e. The first-order valence-corrected chi connectivity index (χ1v) is 11.2. The molecule has 1 aromatic carbocycles. The maximum Gasteiger partial charge on any atom is 0.267 e. The molecule has 1 aromatic heterocycles. The molecule has 2 N–H and O–H groups in total. The van der Waals surface area contributed by atoms with Gasteiger partial charge in [0.05, 0.1) is 37.2 Å². The molecule has 3 aliphatic rings. The van der Waals surface area contributed by atoms with Crippen molar-refractivity contribution < 1.29 is 27.0 Å². The number of hydrogen-bond acceptors (Lipinski definition) is 6. The fourth-order valence-electron chi connectivity index (χ4n) is 5.60. The molecule has 5 atom stereocenters. The molecule has 0 unspecified atom stereocenters. The van der Waals surface area contributed by atoms with Gasteiger partial charge in [-0.3, -0.25) is 0 Å². The van der Waals surface area contributed by atoms with Crippen molar-refractivity contribution in [1.29, 1.82) is 0 Å². The third-order valence-corrected chi connectivity index (χ3v) is 7.02. The van der Waals surface area contributed by atoms with Crippen LogP contribution in [0.25, 0.3) is 11.3 Å². The van der Waals surface area contributed by atoms with Gasteiger partial charge in [-0.15, -0.1) is 10.2 Å². The topological polar surface area (TPSA) is 73.5 Å². The van der Waals surface area contributed by atoms with Crippen molar-refractivity contribution >= 4 is 5.82 Å². The van der Waals surface area contributed by atoms with E-state index in [1.165, 1.54) is 0 Å². The van der Waals surface area contributed by atoms with E-state index in [2.05, 4.69) is 10.2 Å². The molecule has 3 fully saturated rings. The number of nitrogens with two attached hydrogens (primary N) is 1. The highest BCUT2D eigenvalue weighted by molar-refractivity contribution is 5.63. The van der Waals surface area contributed by atoms with Crippen molar-refractivity contribution in [3.05, 3.63) is 41.5 Å². The van der Waals surface area contributed by atoms with E-state index in [0.29, 0.717) is 32.8 Å². The third-order valence-electron chi connectivity index (χ3n) is 7.02.